The zero-order valence-corrected chi connectivity index (χ0v) is 19.0. The summed E-state index contributed by atoms with van der Waals surface area (Å²) in [4.78, 5) is 25.2. The predicted molar refractivity (Wildman–Crippen MR) is 123 cm³/mol. The SMILES string of the molecule is COC(C)[C@H]1COC(=O)N1c1ccnc(NC(C)c2ccc(CN3CCNCC3)cc2)n1. The molecule has 2 aliphatic heterocycles. The smallest absolute Gasteiger partial charge is 0.416 e. The van der Waals surface area contributed by atoms with E-state index in [4.69, 9.17) is 9.47 Å². The number of cyclic esters (lactones) is 1. The van der Waals surface area contributed by atoms with Crippen LogP contribution in [0, 0.1) is 0 Å². The second kappa shape index (κ2) is 10.2. The van der Waals surface area contributed by atoms with Crippen molar-refractivity contribution in [3.63, 3.8) is 0 Å². The van der Waals surface area contributed by atoms with Crippen molar-refractivity contribution >= 4 is 17.9 Å². The maximum Gasteiger partial charge on any atom is 0.416 e. The Hall–Kier alpha value is -2.75. The van der Waals surface area contributed by atoms with Crippen molar-refractivity contribution in [2.24, 2.45) is 0 Å². The molecule has 2 aromatic rings. The van der Waals surface area contributed by atoms with Gasteiger partial charge in [-0.15, -0.1) is 0 Å². The molecule has 2 unspecified atom stereocenters. The van der Waals surface area contributed by atoms with Gasteiger partial charge in [0.25, 0.3) is 0 Å². The zero-order valence-electron chi connectivity index (χ0n) is 19.0. The number of methoxy groups -OCH3 is 1. The summed E-state index contributed by atoms with van der Waals surface area (Å²) in [5.74, 6) is 0.959. The second-order valence-corrected chi connectivity index (χ2v) is 8.33. The Morgan fingerprint density at radius 3 is 2.69 bits per heavy atom. The summed E-state index contributed by atoms with van der Waals surface area (Å²) in [6, 6.07) is 10.2. The zero-order chi connectivity index (χ0) is 22.5. The molecule has 172 valence electrons. The molecule has 0 aliphatic carbocycles. The van der Waals surface area contributed by atoms with Crippen molar-refractivity contribution in [2.45, 2.75) is 38.6 Å². The van der Waals surface area contributed by atoms with Crippen molar-refractivity contribution in [2.75, 3.05) is 50.1 Å². The molecule has 9 heteroatoms. The number of nitrogens with one attached hydrogen (secondary N) is 2. The van der Waals surface area contributed by atoms with Crippen LogP contribution in [0.5, 0.6) is 0 Å². The van der Waals surface area contributed by atoms with Crippen LogP contribution in [0.15, 0.2) is 36.5 Å². The molecule has 1 aromatic carbocycles. The van der Waals surface area contributed by atoms with Crippen molar-refractivity contribution in [3.05, 3.63) is 47.7 Å². The number of amides is 1. The lowest BCUT2D eigenvalue weighted by Crippen LogP contribution is -2.42. The third-order valence-corrected chi connectivity index (χ3v) is 6.15. The number of rotatable bonds is 8. The number of ether oxygens (including phenoxy) is 2. The number of benzene rings is 1. The summed E-state index contributed by atoms with van der Waals surface area (Å²) < 4.78 is 10.6. The molecule has 3 heterocycles. The average molecular weight is 441 g/mol. The molecule has 0 spiro atoms. The number of carbonyl (C=O) groups is 1. The minimum absolute atomic E-state index is 0.0118. The molecule has 32 heavy (non-hydrogen) atoms. The lowest BCUT2D eigenvalue weighted by Gasteiger charge is -2.27. The first kappa shape index (κ1) is 22.4. The molecule has 1 amide bonds. The standard InChI is InChI=1S/C23H32N6O3/c1-16(19-6-4-18(5-7-19)14-28-12-10-24-11-13-28)26-22-25-9-8-21(27-22)29-20(17(2)31-3)15-32-23(29)30/h4-9,16-17,20,24H,10-15H2,1-3H3,(H,25,26,27)/t16?,17?,20-/m1/s1. The van der Waals surface area contributed by atoms with Crippen molar-refractivity contribution in [3.8, 4) is 0 Å². The van der Waals surface area contributed by atoms with Gasteiger partial charge in [-0.2, -0.15) is 4.98 Å². The topological polar surface area (TPSA) is 91.9 Å². The third-order valence-electron chi connectivity index (χ3n) is 6.15. The summed E-state index contributed by atoms with van der Waals surface area (Å²) in [5.41, 5.74) is 2.46. The highest BCUT2D eigenvalue weighted by Crippen LogP contribution is 2.25. The molecule has 2 saturated heterocycles. The molecule has 9 nitrogen and oxygen atoms in total. The predicted octanol–water partition coefficient (Wildman–Crippen LogP) is 2.42. The largest absolute Gasteiger partial charge is 0.447 e. The number of carbonyl (C=O) groups excluding carboxylic acids is 1. The number of anilines is 2. The molecule has 1 aromatic heterocycles. The van der Waals surface area contributed by atoms with E-state index in [-0.39, 0.29) is 24.8 Å². The lowest BCUT2D eigenvalue weighted by atomic mass is 10.1. The molecule has 0 saturated carbocycles. The van der Waals surface area contributed by atoms with Crippen LogP contribution in [0.1, 0.15) is 31.0 Å². The van der Waals surface area contributed by atoms with Crippen molar-refractivity contribution < 1.29 is 14.3 Å². The summed E-state index contributed by atoms with van der Waals surface area (Å²) >= 11 is 0. The lowest BCUT2D eigenvalue weighted by molar-refractivity contribution is 0.0881. The van der Waals surface area contributed by atoms with Gasteiger partial charge in [-0.3, -0.25) is 9.80 Å². The van der Waals surface area contributed by atoms with Gasteiger partial charge in [-0.25, -0.2) is 9.78 Å². The van der Waals surface area contributed by atoms with Crippen molar-refractivity contribution in [1.82, 2.24) is 20.2 Å². The van der Waals surface area contributed by atoms with Gasteiger partial charge in [0.15, 0.2) is 0 Å². The van der Waals surface area contributed by atoms with Crippen LogP contribution in [0.25, 0.3) is 0 Å². The maximum atomic E-state index is 12.3. The van der Waals surface area contributed by atoms with E-state index in [1.165, 1.54) is 10.5 Å². The van der Waals surface area contributed by atoms with E-state index in [0.29, 0.717) is 11.8 Å². The van der Waals surface area contributed by atoms with E-state index in [2.05, 4.69) is 56.7 Å². The van der Waals surface area contributed by atoms with Gasteiger partial charge in [-0.05, 0) is 31.0 Å². The fraction of sp³-hybridized carbons (Fsp3) is 0.522. The third kappa shape index (κ3) is 5.17. The minimum atomic E-state index is -0.420. The van der Waals surface area contributed by atoms with E-state index in [9.17, 15) is 4.79 Å². The van der Waals surface area contributed by atoms with Gasteiger partial charge in [0.1, 0.15) is 18.5 Å². The van der Waals surface area contributed by atoms with Gasteiger partial charge in [0, 0.05) is 46.0 Å². The maximum absolute atomic E-state index is 12.3. The fourth-order valence-electron chi connectivity index (χ4n) is 4.07. The molecule has 4 rings (SSSR count). The van der Waals surface area contributed by atoms with Crippen LogP contribution in [0.3, 0.4) is 0 Å². The van der Waals surface area contributed by atoms with Gasteiger partial charge in [0.05, 0.1) is 12.1 Å². The van der Waals surface area contributed by atoms with E-state index in [1.807, 2.05) is 6.92 Å². The molecule has 0 bridgehead atoms. The number of hydrogen-bond donors (Lipinski definition) is 2. The number of nitrogens with zero attached hydrogens (tertiary/aromatic N) is 4. The molecule has 2 fully saturated rings. The highest BCUT2D eigenvalue weighted by atomic mass is 16.6. The van der Waals surface area contributed by atoms with E-state index in [0.717, 1.165) is 38.3 Å². The van der Waals surface area contributed by atoms with Crippen LogP contribution in [-0.2, 0) is 16.0 Å². The Labute approximate surface area is 189 Å². The monoisotopic (exact) mass is 440 g/mol. The second-order valence-electron chi connectivity index (χ2n) is 8.33. The summed E-state index contributed by atoms with van der Waals surface area (Å²) in [6.07, 6.45) is 1.05. The van der Waals surface area contributed by atoms with E-state index < -0.39 is 6.09 Å². The van der Waals surface area contributed by atoms with E-state index >= 15 is 0 Å². The molecular weight excluding hydrogens is 408 g/mol. The summed E-state index contributed by atoms with van der Waals surface area (Å²) in [5, 5.41) is 6.73. The molecule has 2 aliphatic rings. The Kier molecular flexibility index (Phi) is 7.19. The quantitative estimate of drug-likeness (QED) is 0.647. The fourth-order valence-corrected chi connectivity index (χ4v) is 4.07. The Bertz CT molecular complexity index is 903. The van der Waals surface area contributed by atoms with Gasteiger partial charge in [-0.1, -0.05) is 24.3 Å². The van der Waals surface area contributed by atoms with Crippen LogP contribution in [0.4, 0.5) is 16.6 Å². The van der Waals surface area contributed by atoms with Crippen LogP contribution >= 0.6 is 0 Å². The molecular formula is C23H32N6O3. The average Bonchev–Trinajstić information content (AvgIpc) is 3.21. The highest BCUT2D eigenvalue weighted by Gasteiger charge is 2.39. The number of hydrogen-bond acceptors (Lipinski definition) is 8. The summed E-state index contributed by atoms with van der Waals surface area (Å²) in [7, 11) is 1.62. The molecule has 3 atom stereocenters. The van der Waals surface area contributed by atoms with E-state index in [1.54, 1.807) is 19.4 Å². The number of piperazine rings is 1. The molecule has 0 radical (unpaired) electrons. The first-order valence-corrected chi connectivity index (χ1v) is 11.2. The van der Waals surface area contributed by atoms with Gasteiger partial charge in [0.2, 0.25) is 5.95 Å². The minimum Gasteiger partial charge on any atom is -0.447 e. The first-order chi connectivity index (χ1) is 15.5. The van der Waals surface area contributed by atoms with Crippen molar-refractivity contribution in [1.29, 1.82) is 0 Å². The van der Waals surface area contributed by atoms with Crippen LogP contribution in [0.2, 0.25) is 0 Å². The van der Waals surface area contributed by atoms with Gasteiger partial charge >= 0.3 is 6.09 Å². The Balaban J connectivity index is 1.41. The summed E-state index contributed by atoms with van der Waals surface area (Å²) in [6.45, 7) is 9.51. The first-order valence-electron chi connectivity index (χ1n) is 11.2. The van der Waals surface area contributed by atoms with Gasteiger partial charge < -0.3 is 20.1 Å². The van der Waals surface area contributed by atoms with Crippen LogP contribution in [-0.4, -0.2) is 73.0 Å². The number of aromatic nitrogens is 2. The highest BCUT2D eigenvalue weighted by molar-refractivity contribution is 5.89. The van der Waals surface area contributed by atoms with Crippen LogP contribution < -0.4 is 15.5 Å². The normalized spacial score (nSPS) is 21.3. The molecule has 2 N–H and O–H groups in total. The Morgan fingerprint density at radius 2 is 1.97 bits per heavy atom. The Morgan fingerprint density at radius 1 is 1.22 bits per heavy atom.